The van der Waals surface area contributed by atoms with Crippen molar-refractivity contribution in [1.29, 1.82) is 0 Å². The third-order valence-electron chi connectivity index (χ3n) is 6.13. The molecule has 1 aliphatic heterocycles. The summed E-state index contributed by atoms with van der Waals surface area (Å²) in [5.74, 6) is 0.193. The predicted octanol–water partition coefficient (Wildman–Crippen LogP) is 4.48. The third-order valence-corrected chi connectivity index (χ3v) is 8.05. The van der Waals surface area contributed by atoms with Crippen LogP contribution in [0.2, 0.25) is 0 Å². The van der Waals surface area contributed by atoms with E-state index in [1.165, 1.54) is 4.31 Å². The second-order valence-electron chi connectivity index (χ2n) is 9.60. The maximum atomic E-state index is 13.1. The van der Waals surface area contributed by atoms with Crippen LogP contribution in [0.25, 0.3) is 11.4 Å². The smallest absolute Gasteiger partial charge is 0.243 e. The molecule has 34 heavy (non-hydrogen) atoms. The van der Waals surface area contributed by atoms with E-state index in [0.717, 1.165) is 11.1 Å². The fourth-order valence-corrected chi connectivity index (χ4v) is 5.48. The van der Waals surface area contributed by atoms with Crippen LogP contribution in [-0.2, 0) is 20.2 Å². The van der Waals surface area contributed by atoms with Crippen LogP contribution in [-0.4, -0.2) is 41.7 Å². The van der Waals surface area contributed by atoms with E-state index in [0.29, 0.717) is 42.3 Å². The molecule has 7 nitrogen and oxygen atoms in total. The molecule has 2 heterocycles. The molecule has 1 saturated heterocycles. The van der Waals surface area contributed by atoms with E-state index >= 15 is 0 Å². The molecule has 0 bridgehead atoms. The lowest BCUT2D eigenvalue weighted by atomic mass is 9.87. The number of rotatable bonds is 5. The summed E-state index contributed by atoms with van der Waals surface area (Å²) in [5.41, 5.74) is 2.48. The summed E-state index contributed by atoms with van der Waals surface area (Å²) in [5, 5.41) is 2.86. The van der Waals surface area contributed by atoms with Gasteiger partial charge in [-0.3, -0.25) is 4.79 Å². The second-order valence-corrected chi connectivity index (χ2v) is 11.5. The lowest BCUT2D eigenvalue weighted by Gasteiger charge is -2.30. The molecule has 0 radical (unpaired) electrons. The molecule has 4 rings (SSSR count). The van der Waals surface area contributed by atoms with Crippen molar-refractivity contribution < 1.29 is 13.2 Å². The van der Waals surface area contributed by atoms with Crippen molar-refractivity contribution >= 4 is 21.6 Å². The van der Waals surface area contributed by atoms with E-state index < -0.39 is 10.0 Å². The van der Waals surface area contributed by atoms with Gasteiger partial charge in [-0.05, 0) is 36.0 Å². The van der Waals surface area contributed by atoms with Gasteiger partial charge in [-0.2, -0.15) is 4.31 Å². The van der Waals surface area contributed by atoms with E-state index in [1.54, 1.807) is 24.5 Å². The molecular formula is C26H30N4O3S. The first kappa shape index (κ1) is 24.0. The van der Waals surface area contributed by atoms with Gasteiger partial charge in [0.15, 0.2) is 5.82 Å². The third kappa shape index (κ3) is 5.34. The van der Waals surface area contributed by atoms with Gasteiger partial charge in [-0.1, -0.05) is 63.2 Å². The van der Waals surface area contributed by atoms with Crippen LogP contribution in [0.3, 0.4) is 0 Å². The first-order valence-corrected chi connectivity index (χ1v) is 12.9. The van der Waals surface area contributed by atoms with Crippen molar-refractivity contribution in [2.45, 2.75) is 43.9 Å². The number of sulfonamides is 1. The average Bonchev–Trinajstić information content (AvgIpc) is 2.84. The van der Waals surface area contributed by atoms with E-state index in [1.807, 2.05) is 42.5 Å². The Bertz CT molecular complexity index is 1230. The maximum absolute atomic E-state index is 13.1. The van der Waals surface area contributed by atoms with Crippen LogP contribution < -0.4 is 5.32 Å². The lowest BCUT2D eigenvalue weighted by molar-refractivity contribution is -0.120. The van der Waals surface area contributed by atoms with Crippen LogP contribution in [0, 0.1) is 5.92 Å². The molecular weight excluding hydrogens is 448 g/mol. The number of nitrogens with zero attached hydrogens (tertiary/aromatic N) is 3. The fraction of sp³-hybridized carbons (Fsp3) is 0.346. The Hall–Kier alpha value is -3.10. The average molecular weight is 479 g/mol. The van der Waals surface area contributed by atoms with Crippen molar-refractivity contribution in [1.82, 2.24) is 14.3 Å². The summed E-state index contributed by atoms with van der Waals surface area (Å²) >= 11 is 0. The highest BCUT2D eigenvalue weighted by Gasteiger charge is 2.32. The molecule has 1 aliphatic rings. The molecule has 2 aromatic carbocycles. The highest BCUT2D eigenvalue weighted by Crippen LogP contribution is 2.27. The maximum Gasteiger partial charge on any atom is 0.243 e. The normalized spacial score (nSPS) is 15.7. The molecule has 3 aromatic rings. The summed E-state index contributed by atoms with van der Waals surface area (Å²) in [7, 11) is -3.58. The Balaban J connectivity index is 1.34. The second kappa shape index (κ2) is 9.64. The number of piperidine rings is 1. The molecule has 0 saturated carbocycles. The van der Waals surface area contributed by atoms with Crippen molar-refractivity contribution in [3.05, 3.63) is 72.6 Å². The van der Waals surface area contributed by atoms with Gasteiger partial charge < -0.3 is 5.32 Å². The van der Waals surface area contributed by atoms with E-state index in [9.17, 15) is 13.2 Å². The molecule has 1 aromatic heterocycles. The van der Waals surface area contributed by atoms with Gasteiger partial charge in [-0.25, -0.2) is 18.4 Å². The van der Waals surface area contributed by atoms with Gasteiger partial charge >= 0.3 is 0 Å². The summed E-state index contributed by atoms with van der Waals surface area (Å²) in [6.45, 7) is 6.90. The van der Waals surface area contributed by atoms with Crippen LogP contribution in [0.15, 0.2) is 71.9 Å². The van der Waals surface area contributed by atoms with Gasteiger partial charge in [0.2, 0.25) is 15.9 Å². The minimum Gasteiger partial charge on any atom is -0.323 e. The van der Waals surface area contributed by atoms with E-state index in [-0.39, 0.29) is 17.2 Å². The quantitative estimate of drug-likeness (QED) is 0.584. The van der Waals surface area contributed by atoms with Crippen LogP contribution in [0.1, 0.15) is 39.2 Å². The van der Waals surface area contributed by atoms with E-state index in [2.05, 4.69) is 36.1 Å². The zero-order chi connectivity index (χ0) is 24.3. The summed E-state index contributed by atoms with van der Waals surface area (Å²) < 4.78 is 27.6. The zero-order valence-corrected chi connectivity index (χ0v) is 20.5. The number of aromatic nitrogens is 2. The molecule has 0 atom stereocenters. The number of hydrogen-bond acceptors (Lipinski definition) is 5. The summed E-state index contributed by atoms with van der Waals surface area (Å²) in [4.78, 5) is 21.7. The Morgan fingerprint density at radius 3 is 2.09 bits per heavy atom. The standard InChI is InChI=1S/C26H30N4O3S/c1-26(2,3)21-9-11-23(12-10-21)34(32,33)30-15-13-20(14-16-30)25(31)29-22-17-27-24(28-18-22)19-7-5-4-6-8-19/h4-12,17-18,20H,13-16H2,1-3H3,(H,29,31). The monoisotopic (exact) mass is 478 g/mol. The fourth-order valence-electron chi connectivity index (χ4n) is 4.01. The topological polar surface area (TPSA) is 92.3 Å². The number of carbonyl (C=O) groups excluding carboxylic acids is 1. The van der Waals surface area contributed by atoms with E-state index in [4.69, 9.17) is 0 Å². The van der Waals surface area contributed by atoms with Crippen molar-refractivity contribution in [2.24, 2.45) is 5.92 Å². The zero-order valence-electron chi connectivity index (χ0n) is 19.7. The summed E-state index contributed by atoms with van der Waals surface area (Å²) in [6.07, 6.45) is 4.12. The Morgan fingerprint density at radius 1 is 0.941 bits per heavy atom. The molecule has 1 amide bonds. The van der Waals surface area contributed by atoms with Gasteiger partial charge in [-0.15, -0.1) is 0 Å². The van der Waals surface area contributed by atoms with Crippen LogP contribution in [0.4, 0.5) is 5.69 Å². The van der Waals surface area contributed by atoms with Gasteiger partial charge in [0.05, 0.1) is 23.0 Å². The van der Waals surface area contributed by atoms with Crippen molar-refractivity contribution in [2.75, 3.05) is 18.4 Å². The predicted molar refractivity (Wildman–Crippen MR) is 133 cm³/mol. The minimum atomic E-state index is -3.58. The Kier molecular flexibility index (Phi) is 6.81. The van der Waals surface area contributed by atoms with Gasteiger partial charge in [0.1, 0.15) is 0 Å². The highest BCUT2D eigenvalue weighted by molar-refractivity contribution is 7.89. The number of nitrogens with one attached hydrogen (secondary N) is 1. The molecule has 0 unspecified atom stereocenters. The minimum absolute atomic E-state index is 0.0408. The summed E-state index contributed by atoms with van der Waals surface area (Å²) in [6, 6.07) is 16.7. The van der Waals surface area contributed by atoms with Crippen molar-refractivity contribution in [3.63, 3.8) is 0 Å². The van der Waals surface area contributed by atoms with Crippen molar-refractivity contribution in [3.8, 4) is 11.4 Å². The molecule has 1 fully saturated rings. The molecule has 1 N–H and O–H groups in total. The first-order chi connectivity index (χ1) is 16.1. The number of hydrogen-bond donors (Lipinski definition) is 1. The van der Waals surface area contributed by atoms with Gasteiger partial charge in [0, 0.05) is 24.6 Å². The highest BCUT2D eigenvalue weighted by atomic mass is 32.2. The number of amides is 1. The number of anilines is 1. The number of carbonyl (C=O) groups is 1. The molecule has 0 spiro atoms. The molecule has 178 valence electrons. The Morgan fingerprint density at radius 2 is 1.53 bits per heavy atom. The lowest BCUT2D eigenvalue weighted by Crippen LogP contribution is -2.41. The SMILES string of the molecule is CC(C)(C)c1ccc(S(=O)(=O)N2CCC(C(=O)Nc3cnc(-c4ccccc4)nc3)CC2)cc1. The molecule has 8 heteroatoms. The van der Waals surface area contributed by atoms with Gasteiger partial charge in [0.25, 0.3) is 0 Å². The first-order valence-electron chi connectivity index (χ1n) is 11.4. The van der Waals surface area contributed by atoms with Crippen LogP contribution in [0.5, 0.6) is 0 Å². The largest absolute Gasteiger partial charge is 0.323 e. The molecule has 0 aliphatic carbocycles. The number of benzene rings is 2. The van der Waals surface area contributed by atoms with Crippen LogP contribution >= 0.6 is 0 Å². The Labute approximate surface area is 201 Å².